The van der Waals surface area contributed by atoms with Crippen molar-refractivity contribution in [3.63, 3.8) is 0 Å². The fourth-order valence-corrected chi connectivity index (χ4v) is 4.14. The van der Waals surface area contributed by atoms with Gasteiger partial charge in [0.25, 0.3) is 0 Å². The maximum Gasteiger partial charge on any atom is 0.307 e. The minimum absolute atomic E-state index is 0.0439. The summed E-state index contributed by atoms with van der Waals surface area (Å²) in [5.41, 5.74) is -0.450. The zero-order valence-electron chi connectivity index (χ0n) is 18.6. The Morgan fingerprint density at radius 2 is 1.61 bits per heavy atom. The summed E-state index contributed by atoms with van der Waals surface area (Å²) in [7, 11) is 1.48. The van der Waals surface area contributed by atoms with E-state index >= 15 is 0 Å². The van der Waals surface area contributed by atoms with Gasteiger partial charge in [-0.25, -0.2) is 0 Å². The zero-order valence-corrected chi connectivity index (χ0v) is 18.6. The van der Waals surface area contributed by atoms with Crippen LogP contribution in [-0.4, -0.2) is 38.6 Å². The van der Waals surface area contributed by atoms with Crippen LogP contribution in [0.4, 0.5) is 0 Å². The molecule has 0 saturated heterocycles. The molecule has 0 aliphatic heterocycles. The first kappa shape index (κ1) is 22.7. The van der Waals surface area contributed by atoms with E-state index in [2.05, 4.69) is 0 Å². The van der Waals surface area contributed by atoms with E-state index in [1.165, 1.54) is 13.2 Å². The van der Waals surface area contributed by atoms with Gasteiger partial charge < -0.3 is 39.1 Å². The number of ether oxygens (including phenoxy) is 1. The average Bonchev–Trinajstić information content (AvgIpc) is 3.20. The minimum atomic E-state index is -1.19. The number of hydrogen-bond donors (Lipinski definition) is 5. The Kier molecular flexibility index (Phi) is 5.21. The second kappa shape index (κ2) is 8.27. The van der Waals surface area contributed by atoms with E-state index in [0.717, 1.165) is 18.2 Å². The number of carboxylic acids is 1. The summed E-state index contributed by atoms with van der Waals surface area (Å²) in [6.45, 7) is 0. The summed E-state index contributed by atoms with van der Waals surface area (Å²) in [4.78, 5) is 24.9. The van der Waals surface area contributed by atoms with Gasteiger partial charge in [0.15, 0.2) is 22.8 Å². The lowest BCUT2D eigenvalue weighted by Gasteiger charge is -2.09. The number of carboxylic acid groups (broad SMARTS) is 1. The Bertz CT molecular complexity index is 1740. The highest BCUT2D eigenvalue weighted by Gasteiger charge is 2.27. The largest absolute Gasteiger partial charge is 0.507 e. The van der Waals surface area contributed by atoms with Crippen LogP contribution in [0.15, 0.2) is 62.2 Å². The lowest BCUT2D eigenvalue weighted by Crippen LogP contribution is -2.05. The molecule has 10 heteroatoms. The first-order valence-electron chi connectivity index (χ1n) is 10.5. The van der Waals surface area contributed by atoms with Crippen molar-refractivity contribution in [3.05, 3.63) is 64.3 Å². The lowest BCUT2D eigenvalue weighted by atomic mass is 10.00. The molecule has 182 valence electrons. The molecule has 0 atom stereocenters. The van der Waals surface area contributed by atoms with Gasteiger partial charge in [-0.1, -0.05) is 12.1 Å². The van der Waals surface area contributed by atoms with E-state index in [0.29, 0.717) is 11.3 Å². The fraction of sp³-hybridized carbons (Fsp3) is 0.0769. The number of carbonyl (C=O) groups is 1. The maximum absolute atomic E-state index is 13.1. The van der Waals surface area contributed by atoms with Crippen LogP contribution in [0.1, 0.15) is 5.56 Å². The second-order valence-electron chi connectivity index (χ2n) is 8.00. The van der Waals surface area contributed by atoms with Gasteiger partial charge in [-0.3, -0.25) is 9.59 Å². The predicted octanol–water partition coefficient (Wildman–Crippen LogP) is 4.33. The van der Waals surface area contributed by atoms with Gasteiger partial charge >= 0.3 is 5.97 Å². The second-order valence-corrected chi connectivity index (χ2v) is 8.00. The van der Waals surface area contributed by atoms with Crippen LogP contribution in [0.2, 0.25) is 0 Å². The van der Waals surface area contributed by atoms with Gasteiger partial charge in [-0.05, 0) is 30.3 Å². The van der Waals surface area contributed by atoms with E-state index in [4.69, 9.17) is 13.6 Å². The minimum Gasteiger partial charge on any atom is -0.507 e. The summed E-state index contributed by atoms with van der Waals surface area (Å²) in [5, 5.41) is 50.0. The molecule has 36 heavy (non-hydrogen) atoms. The molecule has 5 aromatic rings. The van der Waals surface area contributed by atoms with Crippen molar-refractivity contribution in [2.75, 3.05) is 7.11 Å². The number of phenolic OH excluding ortho intramolecular Hbond substituents is 3. The Labute approximate surface area is 201 Å². The first-order chi connectivity index (χ1) is 17.2. The quantitative estimate of drug-likeness (QED) is 0.223. The van der Waals surface area contributed by atoms with Crippen LogP contribution in [0.5, 0.6) is 28.7 Å². The highest BCUT2D eigenvalue weighted by molar-refractivity contribution is 6.10. The van der Waals surface area contributed by atoms with E-state index < -0.39 is 40.8 Å². The van der Waals surface area contributed by atoms with Crippen LogP contribution >= 0.6 is 0 Å². The molecule has 10 nitrogen and oxygen atoms in total. The van der Waals surface area contributed by atoms with Crippen LogP contribution in [0.3, 0.4) is 0 Å². The van der Waals surface area contributed by atoms with Crippen molar-refractivity contribution in [1.29, 1.82) is 0 Å². The molecule has 0 aliphatic rings. The molecule has 0 saturated carbocycles. The number of phenols is 3. The average molecular weight is 490 g/mol. The normalized spacial score (nSPS) is 11.2. The standard InChI is InChI=1S/C26H18O10/c1-34-13-4-2-3-11(7-13)24-14(9-19(30)31)20-18(35-24)10-17(29)21-22(32)23(33)25(36-26(20)21)12-5-6-15(27)16(28)8-12/h2-8,10,27-29,33H,9H2,1H3,(H,30,31). The molecule has 2 aromatic heterocycles. The molecule has 3 aromatic carbocycles. The van der Waals surface area contributed by atoms with Gasteiger partial charge in [0.2, 0.25) is 11.2 Å². The summed E-state index contributed by atoms with van der Waals surface area (Å²) >= 11 is 0. The van der Waals surface area contributed by atoms with Gasteiger partial charge in [-0.15, -0.1) is 0 Å². The van der Waals surface area contributed by atoms with Crippen LogP contribution in [0, 0.1) is 0 Å². The number of furan rings is 1. The van der Waals surface area contributed by atoms with Crippen LogP contribution in [0.25, 0.3) is 44.6 Å². The highest BCUT2D eigenvalue weighted by Crippen LogP contribution is 2.44. The smallest absolute Gasteiger partial charge is 0.307 e. The number of aromatic hydroxyl groups is 4. The SMILES string of the molecule is COc1cccc(-c2oc3cc(O)c4c(=O)c(O)c(-c5ccc(O)c(O)c5)oc4c3c2CC(=O)O)c1. The van der Waals surface area contributed by atoms with Crippen molar-refractivity contribution in [2.24, 2.45) is 0 Å². The van der Waals surface area contributed by atoms with E-state index in [-0.39, 0.29) is 44.6 Å². The topological polar surface area (TPSA) is 171 Å². The molecule has 5 rings (SSSR count). The van der Waals surface area contributed by atoms with Gasteiger partial charge in [-0.2, -0.15) is 0 Å². The Morgan fingerprint density at radius 3 is 2.31 bits per heavy atom. The lowest BCUT2D eigenvalue weighted by molar-refractivity contribution is -0.136. The molecular weight excluding hydrogens is 472 g/mol. The summed E-state index contributed by atoms with van der Waals surface area (Å²) in [6, 6.07) is 11.4. The molecule has 0 fully saturated rings. The number of aliphatic carboxylic acids is 1. The Balaban J connectivity index is 1.91. The van der Waals surface area contributed by atoms with E-state index in [1.807, 2.05) is 0 Å². The van der Waals surface area contributed by atoms with E-state index in [9.17, 15) is 35.1 Å². The maximum atomic E-state index is 13.1. The van der Waals surface area contributed by atoms with Crippen molar-refractivity contribution in [3.8, 4) is 51.4 Å². The number of rotatable bonds is 5. The van der Waals surface area contributed by atoms with Crippen LogP contribution < -0.4 is 10.2 Å². The zero-order chi connectivity index (χ0) is 25.7. The molecule has 0 aliphatic carbocycles. The summed E-state index contributed by atoms with van der Waals surface area (Å²) < 4.78 is 17.1. The van der Waals surface area contributed by atoms with Gasteiger partial charge in [0.1, 0.15) is 28.2 Å². The number of fused-ring (bicyclic) bond motifs is 3. The van der Waals surface area contributed by atoms with E-state index in [1.54, 1.807) is 24.3 Å². The summed E-state index contributed by atoms with van der Waals surface area (Å²) in [5.74, 6) is -3.24. The third-order valence-corrected chi connectivity index (χ3v) is 5.77. The molecule has 0 unspecified atom stereocenters. The molecular formula is C26H18O10. The molecule has 0 amide bonds. The molecule has 0 radical (unpaired) electrons. The number of hydrogen-bond acceptors (Lipinski definition) is 9. The molecule has 0 spiro atoms. The van der Waals surface area contributed by atoms with Crippen molar-refractivity contribution in [2.45, 2.75) is 6.42 Å². The highest BCUT2D eigenvalue weighted by atomic mass is 16.5. The summed E-state index contributed by atoms with van der Waals surface area (Å²) in [6.07, 6.45) is -0.515. The van der Waals surface area contributed by atoms with Gasteiger partial charge in [0.05, 0.1) is 18.9 Å². The van der Waals surface area contributed by atoms with Crippen molar-refractivity contribution >= 4 is 27.9 Å². The number of benzene rings is 3. The predicted molar refractivity (Wildman–Crippen MR) is 128 cm³/mol. The third-order valence-electron chi connectivity index (χ3n) is 5.77. The molecule has 0 bridgehead atoms. The number of methoxy groups -OCH3 is 1. The van der Waals surface area contributed by atoms with Crippen LogP contribution in [-0.2, 0) is 11.2 Å². The third kappa shape index (κ3) is 3.52. The molecule has 2 heterocycles. The van der Waals surface area contributed by atoms with Crippen molar-refractivity contribution in [1.82, 2.24) is 0 Å². The molecule has 5 N–H and O–H groups in total. The Hall–Kier alpha value is -5.12. The Morgan fingerprint density at radius 1 is 0.861 bits per heavy atom. The monoisotopic (exact) mass is 490 g/mol. The van der Waals surface area contributed by atoms with Gasteiger partial charge in [0, 0.05) is 22.8 Å². The first-order valence-corrected chi connectivity index (χ1v) is 10.5. The fourth-order valence-electron chi connectivity index (χ4n) is 4.14. The van der Waals surface area contributed by atoms with Crippen molar-refractivity contribution < 1.29 is 43.9 Å².